The molecule has 158 valence electrons. The van der Waals surface area contributed by atoms with Gasteiger partial charge in [-0.2, -0.15) is 0 Å². The molecule has 6 heteroatoms. The Kier molecular flexibility index (Phi) is 9.97. The van der Waals surface area contributed by atoms with Crippen LogP contribution in [-0.2, 0) is 27.3 Å². The van der Waals surface area contributed by atoms with Crippen LogP contribution in [-0.4, -0.2) is 47.8 Å². The summed E-state index contributed by atoms with van der Waals surface area (Å²) in [6.45, 7) is 4.63. The number of nitrogens with one attached hydrogen (secondary N) is 1. The van der Waals surface area contributed by atoms with Crippen molar-refractivity contribution in [1.29, 1.82) is 0 Å². The van der Waals surface area contributed by atoms with Gasteiger partial charge in [-0.05, 0) is 23.5 Å². The van der Waals surface area contributed by atoms with Crippen molar-refractivity contribution >= 4 is 5.78 Å². The van der Waals surface area contributed by atoms with E-state index in [-0.39, 0.29) is 19.3 Å². The van der Waals surface area contributed by atoms with Crippen LogP contribution < -0.4 is 5.32 Å². The molecule has 2 rings (SSSR count). The van der Waals surface area contributed by atoms with Crippen LogP contribution in [0.15, 0.2) is 60.7 Å². The molecule has 0 spiro atoms. The number of hydrogen-bond acceptors (Lipinski definition) is 6. The predicted molar refractivity (Wildman–Crippen MR) is 111 cm³/mol. The summed E-state index contributed by atoms with van der Waals surface area (Å²) in [5.74, 6) is -0.356. The van der Waals surface area contributed by atoms with Gasteiger partial charge in [0.1, 0.15) is 0 Å². The van der Waals surface area contributed by atoms with Crippen LogP contribution in [0.3, 0.4) is 0 Å². The van der Waals surface area contributed by atoms with Crippen molar-refractivity contribution in [2.45, 2.75) is 45.3 Å². The van der Waals surface area contributed by atoms with E-state index in [1.807, 2.05) is 74.5 Å². The summed E-state index contributed by atoms with van der Waals surface area (Å²) < 4.78 is 10.8. The molecule has 0 aliphatic rings. The molecule has 0 saturated heterocycles. The lowest BCUT2D eigenvalue weighted by Gasteiger charge is -2.24. The Labute approximate surface area is 172 Å². The zero-order chi connectivity index (χ0) is 21.1. The molecule has 2 aromatic rings. The third-order valence-corrected chi connectivity index (χ3v) is 4.33. The standard InChI is InChI=1S/C23H31NO5/c1-17(2)14-29-23(27)22(26)21(25)20(13-18-9-5-3-6-10-18)24-16-28-15-19-11-7-4-8-12-19/h3-12,17,20,22-24,26-27H,13-16H2,1-2H3/t20-,22?,23?/m0/s1. The first-order valence-corrected chi connectivity index (χ1v) is 9.87. The van der Waals surface area contributed by atoms with Crippen molar-refractivity contribution in [3.63, 3.8) is 0 Å². The summed E-state index contributed by atoms with van der Waals surface area (Å²) in [4.78, 5) is 12.8. The van der Waals surface area contributed by atoms with Gasteiger partial charge in [0.15, 0.2) is 18.2 Å². The van der Waals surface area contributed by atoms with E-state index >= 15 is 0 Å². The van der Waals surface area contributed by atoms with Crippen molar-refractivity contribution in [2.75, 3.05) is 13.3 Å². The Morgan fingerprint density at radius 1 is 0.966 bits per heavy atom. The van der Waals surface area contributed by atoms with Crippen molar-refractivity contribution in [3.05, 3.63) is 71.8 Å². The number of carbonyl (C=O) groups is 1. The van der Waals surface area contributed by atoms with Gasteiger partial charge in [-0.25, -0.2) is 0 Å². The molecule has 0 saturated carbocycles. The Balaban J connectivity index is 1.94. The number of ketones is 1. The normalized spacial score (nSPS) is 14.5. The summed E-state index contributed by atoms with van der Waals surface area (Å²) in [6.07, 6.45) is -2.83. The number of aliphatic hydroxyl groups is 2. The lowest BCUT2D eigenvalue weighted by Crippen LogP contribution is -2.49. The molecular formula is C23H31NO5. The lowest BCUT2D eigenvalue weighted by atomic mass is 9.99. The fourth-order valence-corrected chi connectivity index (χ4v) is 2.75. The van der Waals surface area contributed by atoms with Crippen LogP contribution >= 0.6 is 0 Å². The van der Waals surface area contributed by atoms with Gasteiger partial charge in [-0.15, -0.1) is 0 Å². The first-order valence-electron chi connectivity index (χ1n) is 9.87. The molecule has 0 bridgehead atoms. The van der Waals surface area contributed by atoms with Crippen LogP contribution in [0, 0.1) is 5.92 Å². The minimum Gasteiger partial charge on any atom is -0.380 e. The van der Waals surface area contributed by atoms with E-state index < -0.39 is 24.2 Å². The van der Waals surface area contributed by atoms with Gasteiger partial charge in [-0.1, -0.05) is 74.5 Å². The molecule has 3 N–H and O–H groups in total. The second kappa shape index (κ2) is 12.5. The van der Waals surface area contributed by atoms with Crippen LogP contribution in [0.2, 0.25) is 0 Å². The molecule has 0 aromatic heterocycles. The number of benzene rings is 2. The summed E-state index contributed by atoms with van der Waals surface area (Å²) in [7, 11) is 0. The minimum atomic E-state index is -1.64. The maximum Gasteiger partial charge on any atom is 0.188 e. The Morgan fingerprint density at radius 3 is 2.14 bits per heavy atom. The Hall–Kier alpha value is -2.09. The van der Waals surface area contributed by atoms with Gasteiger partial charge in [0, 0.05) is 0 Å². The highest BCUT2D eigenvalue weighted by Crippen LogP contribution is 2.10. The molecule has 3 atom stereocenters. The molecule has 0 aliphatic carbocycles. The van der Waals surface area contributed by atoms with Crippen LogP contribution in [0.25, 0.3) is 0 Å². The molecule has 2 unspecified atom stereocenters. The topological polar surface area (TPSA) is 88.0 Å². The highest BCUT2D eigenvalue weighted by Gasteiger charge is 2.31. The first kappa shape index (κ1) is 23.2. The number of carbonyl (C=O) groups excluding carboxylic acids is 1. The summed E-state index contributed by atoms with van der Waals surface area (Å²) in [5.41, 5.74) is 1.96. The maximum absolute atomic E-state index is 12.8. The van der Waals surface area contributed by atoms with Gasteiger partial charge >= 0.3 is 0 Å². The van der Waals surface area contributed by atoms with Crippen molar-refractivity contribution in [2.24, 2.45) is 5.92 Å². The molecule has 0 heterocycles. The van der Waals surface area contributed by atoms with E-state index in [1.165, 1.54) is 0 Å². The Bertz CT molecular complexity index is 708. The molecule has 0 amide bonds. The number of Topliss-reactive ketones (excluding diaryl/α,β-unsaturated/α-hetero) is 1. The number of rotatable bonds is 13. The van der Waals surface area contributed by atoms with Gasteiger partial charge in [0.2, 0.25) is 0 Å². The average molecular weight is 402 g/mol. The van der Waals surface area contributed by atoms with E-state index in [9.17, 15) is 15.0 Å². The van der Waals surface area contributed by atoms with E-state index in [0.717, 1.165) is 11.1 Å². The molecule has 29 heavy (non-hydrogen) atoms. The largest absolute Gasteiger partial charge is 0.380 e. The fourth-order valence-electron chi connectivity index (χ4n) is 2.75. The fraction of sp³-hybridized carbons (Fsp3) is 0.435. The number of aliphatic hydroxyl groups excluding tert-OH is 2. The Morgan fingerprint density at radius 2 is 1.55 bits per heavy atom. The zero-order valence-electron chi connectivity index (χ0n) is 17.0. The number of ether oxygens (including phenoxy) is 2. The van der Waals surface area contributed by atoms with Crippen molar-refractivity contribution < 1.29 is 24.5 Å². The third kappa shape index (κ3) is 8.43. The first-order chi connectivity index (χ1) is 14.0. The third-order valence-electron chi connectivity index (χ3n) is 4.33. The van der Waals surface area contributed by atoms with E-state index in [1.54, 1.807) is 0 Å². The van der Waals surface area contributed by atoms with E-state index in [2.05, 4.69) is 5.32 Å². The quantitative estimate of drug-likeness (QED) is 0.353. The van der Waals surface area contributed by atoms with Gasteiger partial charge in [-0.3, -0.25) is 10.1 Å². The minimum absolute atomic E-state index is 0.133. The second-order valence-electron chi connectivity index (χ2n) is 7.39. The average Bonchev–Trinajstić information content (AvgIpc) is 2.74. The predicted octanol–water partition coefficient (Wildman–Crippen LogP) is 2.28. The van der Waals surface area contributed by atoms with Gasteiger partial charge < -0.3 is 19.7 Å². The summed E-state index contributed by atoms with van der Waals surface area (Å²) >= 11 is 0. The van der Waals surface area contributed by atoms with Crippen LogP contribution in [0.4, 0.5) is 0 Å². The van der Waals surface area contributed by atoms with Crippen molar-refractivity contribution in [3.8, 4) is 0 Å². The highest BCUT2D eigenvalue weighted by molar-refractivity contribution is 5.88. The van der Waals surface area contributed by atoms with E-state index in [0.29, 0.717) is 13.0 Å². The molecular weight excluding hydrogens is 370 g/mol. The second-order valence-corrected chi connectivity index (χ2v) is 7.39. The highest BCUT2D eigenvalue weighted by atomic mass is 16.6. The molecule has 0 fully saturated rings. The van der Waals surface area contributed by atoms with Crippen LogP contribution in [0.1, 0.15) is 25.0 Å². The maximum atomic E-state index is 12.8. The number of hydrogen-bond donors (Lipinski definition) is 3. The molecule has 2 aromatic carbocycles. The molecule has 0 radical (unpaired) electrons. The van der Waals surface area contributed by atoms with Crippen LogP contribution in [0.5, 0.6) is 0 Å². The lowest BCUT2D eigenvalue weighted by molar-refractivity contribution is -0.177. The molecule has 0 aliphatic heterocycles. The smallest absolute Gasteiger partial charge is 0.188 e. The SMILES string of the molecule is CC(C)COC(O)C(O)C(=O)[C@H](Cc1ccccc1)NCOCc1ccccc1. The summed E-state index contributed by atoms with van der Waals surface area (Å²) in [5, 5.41) is 23.3. The summed E-state index contributed by atoms with van der Waals surface area (Å²) in [6, 6.07) is 18.5. The van der Waals surface area contributed by atoms with Gasteiger partial charge in [0.25, 0.3) is 0 Å². The van der Waals surface area contributed by atoms with E-state index in [4.69, 9.17) is 9.47 Å². The molecule has 6 nitrogen and oxygen atoms in total. The van der Waals surface area contributed by atoms with Crippen molar-refractivity contribution in [1.82, 2.24) is 5.32 Å². The zero-order valence-corrected chi connectivity index (χ0v) is 17.0. The monoisotopic (exact) mass is 401 g/mol. The van der Waals surface area contributed by atoms with Gasteiger partial charge in [0.05, 0.1) is 26.0 Å².